The third-order valence-corrected chi connectivity index (χ3v) is 5.39. The molecule has 2 aromatic carbocycles. The standard InChI is InChI=1S/C19H20BrN3O/c20-15-7-5-14(6-8-15)13-22-11-9-16(10-12-22)23-18-4-2-1-3-17(18)21-19(23)24/h1-8,16H,9-13H2,(H,21,24). The molecule has 0 radical (unpaired) electrons. The molecule has 4 rings (SSSR count). The molecule has 24 heavy (non-hydrogen) atoms. The molecule has 0 amide bonds. The molecule has 0 aliphatic carbocycles. The number of fused-ring (bicyclic) bond motifs is 1. The molecule has 0 bridgehead atoms. The van der Waals surface area contributed by atoms with Gasteiger partial charge in [0.25, 0.3) is 0 Å². The molecule has 124 valence electrons. The fourth-order valence-corrected chi connectivity index (χ4v) is 3.88. The summed E-state index contributed by atoms with van der Waals surface area (Å²) in [5.74, 6) is 0. The number of aromatic nitrogens is 2. The molecule has 1 aliphatic rings. The first-order valence-electron chi connectivity index (χ1n) is 8.37. The van der Waals surface area contributed by atoms with Gasteiger partial charge in [-0.15, -0.1) is 0 Å². The van der Waals surface area contributed by atoms with E-state index in [9.17, 15) is 4.79 Å². The second kappa shape index (κ2) is 6.57. The van der Waals surface area contributed by atoms with Gasteiger partial charge < -0.3 is 4.98 Å². The van der Waals surface area contributed by atoms with Gasteiger partial charge in [0.15, 0.2) is 0 Å². The average molecular weight is 386 g/mol. The molecule has 0 saturated carbocycles. The van der Waals surface area contributed by atoms with Crippen LogP contribution >= 0.6 is 15.9 Å². The second-order valence-electron chi connectivity index (χ2n) is 6.45. The van der Waals surface area contributed by atoms with Crippen LogP contribution in [0, 0.1) is 0 Å². The van der Waals surface area contributed by atoms with Gasteiger partial charge in [-0.1, -0.05) is 40.2 Å². The fraction of sp³-hybridized carbons (Fsp3) is 0.316. The number of hydrogen-bond donors (Lipinski definition) is 1. The summed E-state index contributed by atoms with van der Waals surface area (Å²) >= 11 is 3.48. The fourth-order valence-electron chi connectivity index (χ4n) is 3.62. The number of hydrogen-bond acceptors (Lipinski definition) is 2. The Hall–Kier alpha value is -1.85. The minimum atomic E-state index is 0.0163. The number of rotatable bonds is 3. The molecule has 1 aliphatic heterocycles. The zero-order valence-electron chi connectivity index (χ0n) is 13.4. The molecule has 3 aromatic rings. The van der Waals surface area contributed by atoms with Gasteiger partial charge in [-0.05, 0) is 42.7 Å². The maximum absolute atomic E-state index is 12.3. The highest BCUT2D eigenvalue weighted by Crippen LogP contribution is 2.25. The molecule has 1 fully saturated rings. The van der Waals surface area contributed by atoms with Crippen molar-refractivity contribution in [1.82, 2.24) is 14.5 Å². The number of halogens is 1. The Morgan fingerprint density at radius 1 is 1.04 bits per heavy atom. The van der Waals surface area contributed by atoms with Crippen LogP contribution in [0.25, 0.3) is 11.0 Å². The zero-order valence-corrected chi connectivity index (χ0v) is 15.0. The molecule has 1 aromatic heterocycles. The molecular formula is C19H20BrN3O. The van der Waals surface area contributed by atoms with E-state index in [4.69, 9.17) is 0 Å². The van der Waals surface area contributed by atoms with E-state index in [0.717, 1.165) is 48.0 Å². The number of imidazole rings is 1. The third-order valence-electron chi connectivity index (χ3n) is 4.87. The van der Waals surface area contributed by atoms with E-state index in [2.05, 4.69) is 50.1 Å². The van der Waals surface area contributed by atoms with Gasteiger partial charge in [0.2, 0.25) is 0 Å². The van der Waals surface area contributed by atoms with Crippen molar-refractivity contribution in [3.8, 4) is 0 Å². The third kappa shape index (κ3) is 3.06. The van der Waals surface area contributed by atoms with Crippen molar-refractivity contribution in [2.75, 3.05) is 13.1 Å². The number of aromatic amines is 1. The largest absolute Gasteiger partial charge is 0.326 e. The smallest absolute Gasteiger partial charge is 0.306 e. The molecular weight excluding hydrogens is 366 g/mol. The normalized spacial score (nSPS) is 16.7. The maximum atomic E-state index is 12.3. The van der Waals surface area contributed by atoms with Crippen LogP contribution < -0.4 is 5.69 Å². The second-order valence-corrected chi connectivity index (χ2v) is 7.37. The van der Waals surface area contributed by atoms with E-state index in [-0.39, 0.29) is 11.7 Å². The van der Waals surface area contributed by atoms with Crippen molar-refractivity contribution < 1.29 is 0 Å². The first-order chi connectivity index (χ1) is 11.7. The summed E-state index contributed by atoms with van der Waals surface area (Å²) in [4.78, 5) is 17.8. The number of H-pyrrole nitrogens is 1. The Kier molecular flexibility index (Phi) is 4.29. The number of likely N-dealkylation sites (tertiary alicyclic amines) is 1. The van der Waals surface area contributed by atoms with Crippen LogP contribution in [-0.2, 0) is 6.54 Å². The maximum Gasteiger partial charge on any atom is 0.326 e. The predicted octanol–water partition coefficient (Wildman–Crippen LogP) is 3.93. The van der Waals surface area contributed by atoms with Gasteiger partial charge in [-0.3, -0.25) is 9.47 Å². The van der Waals surface area contributed by atoms with Crippen molar-refractivity contribution in [3.63, 3.8) is 0 Å². The summed E-state index contributed by atoms with van der Waals surface area (Å²) < 4.78 is 3.07. The van der Waals surface area contributed by atoms with Crippen molar-refractivity contribution in [2.45, 2.75) is 25.4 Å². The summed E-state index contributed by atoms with van der Waals surface area (Å²) in [5.41, 5.74) is 3.30. The molecule has 0 unspecified atom stereocenters. The van der Waals surface area contributed by atoms with E-state index >= 15 is 0 Å². The molecule has 1 N–H and O–H groups in total. The summed E-state index contributed by atoms with van der Waals surface area (Å²) in [5, 5.41) is 0. The molecule has 4 nitrogen and oxygen atoms in total. The van der Waals surface area contributed by atoms with Crippen LogP contribution in [0.1, 0.15) is 24.4 Å². The molecule has 0 spiro atoms. The van der Waals surface area contributed by atoms with E-state index in [1.807, 2.05) is 28.8 Å². The van der Waals surface area contributed by atoms with Crippen LogP contribution in [0.3, 0.4) is 0 Å². The SMILES string of the molecule is O=c1[nH]c2ccccc2n1C1CCN(Cc2ccc(Br)cc2)CC1. The lowest BCUT2D eigenvalue weighted by Gasteiger charge is -2.32. The van der Waals surface area contributed by atoms with Crippen molar-refractivity contribution in [3.05, 3.63) is 69.1 Å². The summed E-state index contributed by atoms with van der Waals surface area (Å²) in [6.07, 6.45) is 2.02. The van der Waals surface area contributed by atoms with Gasteiger partial charge in [-0.2, -0.15) is 0 Å². The minimum absolute atomic E-state index is 0.0163. The first kappa shape index (κ1) is 15.7. The number of nitrogens with zero attached hydrogens (tertiary/aromatic N) is 2. The number of piperidine rings is 1. The van der Waals surface area contributed by atoms with E-state index in [1.165, 1.54) is 5.56 Å². The van der Waals surface area contributed by atoms with E-state index in [0.29, 0.717) is 0 Å². The molecule has 5 heteroatoms. The highest BCUT2D eigenvalue weighted by Gasteiger charge is 2.23. The van der Waals surface area contributed by atoms with Gasteiger partial charge >= 0.3 is 5.69 Å². The Bertz CT molecular complexity index is 889. The van der Waals surface area contributed by atoms with Crippen LogP contribution in [0.2, 0.25) is 0 Å². The Morgan fingerprint density at radius 2 is 1.75 bits per heavy atom. The molecule has 0 atom stereocenters. The van der Waals surface area contributed by atoms with Gasteiger partial charge in [0.1, 0.15) is 0 Å². The van der Waals surface area contributed by atoms with Crippen molar-refractivity contribution >= 4 is 27.0 Å². The zero-order chi connectivity index (χ0) is 16.5. The number of benzene rings is 2. The quantitative estimate of drug-likeness (QED) is 0.741. The number of nitrogens with one attached hydrogen (secondary N) is 1. The van der Waals surface area contributed by atoms with Crippen LogP contribution in [0.4, 0.5) is 0 Å². The Labute approximate surface area is 149 Å². The molecule has 1 saturated heterocycles. The highest BCUT2D eigenvalue weighted by molar-refractivity contribution is 9.10. The molecule has 2 heterocycles. The monoisotopic (exact) mass is 385 g/mol. The first-order valence-corrected chi connectivity index (χ1v) is 9.16. The van der Waals surface area contributed by atoms with Crippen molar-refractivity contribution in [1.29, 1.82) is 0 Å². The predicted molar refractivity (Wildman–Crippen MR) is 100 cm³/mol. The van der Waals surface area contributed by atoms with Gasteiger partial charge in [0.05, 0.1) is 11.0 Å². The summed E-state index contributed by atoms with van der Waals surface area (Å²) in [7, 11) is 0. The van der Waals surface area contributed by atoms with E-state index < -0.39 is 0 Å². The van der Waals surface area contributed by atoms with Crippen LogP contribution in [-0.4, -0.2) is 27.5 Å². The summed E-state index contributed by atoms with van der Waals surface area (Å²) in [6.45, 7) is 3.02. The lowest BCUT2D eigenvalue weighted by atomic mass is 10.0. The van der Waals surface area contributed by atoms with Gasteiger partial charge in [-0.25, -0.2) is 4.79 Å². The van der Waals surface area contributed by atoms with Gasteiger partial charge in [0, 0.05) is 30.1 Å². The topological polar surface area (TPSA) is 41.0 Å². The lowest BCUT2D eigenvalue weighted by Crippen LogP contribution is -2.36. The average Bonchev–Trinajstić information content (AvgIpc) is 2.93. The highest BCUT2D eigenvalue weighted by atomic mass is 79.9. The van der Waals surface area contributed by atoms with Crippen molar-refractivity contribution in [2.24, 2.45) is 0 Å². The van der Waals surface area contributed by atoms with Crippen LogP contribution in [0.5, 0.6) is 0 Å². The van der Waals surface area contributed by atoms with E-state index in [1.54, 1.807) is 0 Å². The summed E-state index contributed by atoms with van der Waals surface area (Å²) in [6, 6.07) is 16.8. The Balaban J connectivity index is 1.46. The van der Waals surface area contributed by atoms with Crippen LogP contribution in [0.15, 0.2) is 57.8 Å². The lowest BCUT2D eigenvalue weighted by molar-refractivity contribution is 0.180. The Morgan fingerprint density at radius 3 is 2.50 bits per heavy atom. The minimum Gasteiger partial charge on any atom is -0.306 e. The number of para-hydroxylation sites is 2.